The number of piperidine rings is 1. The first-order valence-corrected chi connectivity index (χ1v) is 9.87. The minimum absolute atomic E-state index is 0.00114. The Morgan fingerprint density at radius 3 is 2.96 bits per heavy atom. The van der Waals surface area contributed by atoms with Gasteiger partial charge in [0.2, 0.25) is 0 Å². The van der Waals surface area contributed by atoms with Gasteiger partial charge < -0.3 is 10.1 Å². The van der Waals surface area contributed by atoms with Crippen LogP contribution in [0.1, 0.15) is 44.1 Å². The van der Waals surface area contributed by atoms with Crippen LogP contribution in [0.5, 0.6) is 0 Å². The lowest BCUT2D eigenvalue weighted by molar-refractivity contribution is -0.171. The zero-order valence-electron chi connectivity index (χ0n) is 14.9. The van der Waals surface area contributed by atoms with Crippen molar-refractivity contribution in [2.45, 2.75) is 55.5 Å². The van der Waals surface area contributed by atoms with Gasteiger partial charge in [0.05, 0.1) is 18.6 Å². The van der Waals surface area contributed by atoms with Gasteiger partial charge in [0.15, 0.2) is 0 Å². The third-order valence-corrected chi connectivity index (χ3v) is 8.60. The zero-order chi connectivity index (χ0) is 16.9. The second-order valence-corrected chi connectivity index (χ2v) is 9.05. The van der Waals surface area contributed by atoms with Gasteiger partial charge in [0.1, 0.15) is 0 Å². The molecule has 4 nitrogen and oxygen atoms in total. The largest absolute Gasteiger partial charge is 0.469 e. The van der Waals surface area contributed by atoms with Crippen LogP contribution in [0.2, 0.25) is 0 Å². The first kappa shape index (κ1) is 14.6. The first-order chi connectivity index (χ1) is 12.2. The van der Waals surface area contributed by atoms with Crippen molar-refractivity contribution in [2.24, 2.45) is 11.3 Å². The van der Waals surface area contributed by atoms with Crippen LogP contribution in [0.4, 0.5) is 5.69 Å². The maximum Gasteiger partial charge on any atom is 0.311 e. The molecule has 4 heteroatoms. The van der Waals surface area contributed by atoms with Gasteiger partial charge in [-0.2, -0.15) is 0 Å². The zero-order valence-corrected chi connectivity index (χ0v) is 14.9. The lowest BCUT2D eigenvalue weighted by atomic mass is 9.39. The fourth-order valence-electron chi connectivity index (χ4n) is 8.03. The Hall–Kier alpha value is -1.55. The molecule has 3 spiro atoms. The monoisotopic (exact) mass is 338 g/mol. The van der Waals surface area contributed by atoms with Crippen LogP contribution in [0.15, 0.2) is 24.3 Å². The van der Waals surface area contributed by atoms with Crippen molar-refractivity contribution in [3.8, 4) is 0 Å². The lowest BCUT2D eigenvalue weighted by Gasteiger charge is -2.69. The minimum atomic E-state index is -0.151. The Bertz CT molecular complexity index is 779. The number of benzene rings is 1. The number of methoxy groups -OCH3 is 1. The molecule has 0 amide bonds. The summed E-state index contributed by atoms with van der Waals surface area (Å²) in [5.74, 6) is -0.0193. The van der Waals surface area contributed by atoms with Crippen molar-refractivity contribution >= 4 is 11.7 Å². The average molecular weight is 338 g/mol. The standard InChI is InChI=1S/C21H26N2O2/c1-25-17(24)15-13-19-7-4-11-23-12-10-20(18(19)23)14-5-2-3-6-16(14)22-21(15,20)9-8-19/h2-3,5-6,15,18,22H,4,7-13H2,1H3/t15-,18-,19+,20+,21-/m1/s1. The molecule has 5 fully saturated rings. The van der Waals surface area contributed by atoms with Gasteiger partial charge in [-0.05, 0) is 68.7 Å². The molecule has 1 aromatic rings. The quantitative estimate of drug-likeness (QED) is 0.800. The van der Waals surface area contributed by atoms with Gasteiger partial charge in [0, 0.05) is 17.1 Å². The third kappa shape index (κ3) is 1.38. The Labute approximate surface area is 148 Å². The van der Waals surface area contributed by atoms with Crippen LogP contribution < -0.4 is 5.32 Å². The Balaban J connectivity index is 1.65. The van der Waals surface area contributed by atoms with Gasteiger partial charge in [-0.25, -0.2) is 0 Å². The Kier molecular flexibility index (Phi) is 2.57. The SMILES string of the molecule is COC(=O)[C@H]1C[C@]23CCCN4CC[C@]5(c6ccccc6N[C@]15CC2)[C@H]43. The number of carbonyl (C=O) groups excluding carboxylic acids is 1. The number of fused-ring (bicyclic) bond motifs is 3. The molecule has 1 aromatic carbocycles. The van der Waals surface area contributed by atoms with Crippen molar-refractivity contribution in [3.63, 3.8) is 0 Å². The highest BCUT2D eigenvalue weighted by atomic mass is 16.5. The maximum atomic E-state index is 12.9. The van der Waals surface area contributed by atoms with E-state index in [0.717, 1.165) is 12.8 Å². The van der Waals surface area contributed by atoms with Crippen molar-refractivity contribution < 1.29 is 9.53 Å². The normalized spacial score (nSPS) is 46.1. The molecular formula is C21H26N2O2. The summed E-state index contributed by atoms with van der Waals surface area (Å²) < 4.78 is 5.33. The molecule has 3 aliphatic heterocycles. The predicted molar refractivity (Wildman–Crippen MR) is 95.5 cm³/mol. The van der Waals surface area contributed by atoms with Crippen molar-refractivity contribution in [2.75, 3.05) is 25.5 Å². The molecule has 5 atom stereocenters. The highest BCUT2D eigenvalue weighted by Gasteiger charge is 2.78. The molecule has 7 rings (SSSR count). The van der Waals surface area contributed by atoms with Gasteiger partial charge >= 0.3 is 5.97 Å². The van der Waals surface area contributed by atoms with E-state index in [0.29, 0.717) is 11.5 Å². The van der Waals surface area contributed by atoms with Crippen LogP contribution in [0.3, 0.4) is 0 Å². The van der Waals surface area contributed by atoms with E-state index in [4.69, 9.17) is 4.74 Å². The molecular weight excluding hydrogens is 312 g/mol. The lowest BCUT2D eigenvalue weighted by Crippen LogP contribution is -2.76. The van der Waals surface area contributed by atoms with E-state index in [2.05, 4.69) is 34.5 Å². The molecule has 2 saturated heterocycles. The van der Waals surface area contributed by atoms with Gasteiger partial charge in [-0.1, -0.05) is 18.2 Å². The first-order valence-electron chi connectivity index (χ1n) is 9.87. The van der Waals surface area contributed by atoms with Gasteiger partial charge in [-0.15, -0.1) is 0 Å². The second-order valence-electron chi connectivity index (χ2n) is 9.05. The minimum Gasteiger partial charge on any atom is -0.469 e. The number of rotatable bonds is 1. The molecule has 0 unspecified atom stereocenters. The van der Waals surface area contributed by atoms with E-state index in [1.807, 2.05) is 0 Å². The topological polar surface area (TPSA) is 41.6 Å². The molecule has 0 aromatic heterocycles. The fraction of sp³-hybridized carbons (Fsp3) is 0.667. The number of hydrogen-bond acceptors (Lipinski definition) is 4. The third-order valence-electron chi connectivity index (χ3n) is 8.60. The number of anilines is 1. The van der Waals surface area contributed by atoms with Gasteiger partial charge in [0.25, 0.3) is 0 Å². The van der Waals surface area contributed by atoms with Crippen molar-refractivity contribution in [1.82, 2.24) is 4.90 Å². The fourth-order valence-corrected chi connectivity index (χ4v) is 8.03. The number of nitrogens with zero attached hydrogens (tertiary/aromatic N) is 1. The number of para-hydroxylation sites is 1. The Morgan fingerprint density at radius 2 is 2.08 bits per heavy atom. The molecule has 3 aliphatic carbocycles. The molecule has 3 heterocycles. The van der Waals surface area contributed by atoms with Crippen LogP contribution in [-0.2, 0) is 14.9 Å². The summed E-state index contributed by atoms with van der Waals surface area (Å²) in [7, 11) is 1.56. The summed E-state index contributed by atoms with van der Waals surface area (Å²) in [6.07, 6.45) is 7.10. The van der Waals surface area contributed by atoms with Crippen LogP contribution in [-0.4, -0.2) is 42.6 Å². The number of esters is 1. The molecule has 132 valence electrons. The molecule has 0 radical (unpaired) electrons. The van der Waals surface area contributed by atoms with Gasteiger partial charge in [-0.3, -0.25) is 9.69 Å². The molecule has 2 bridgehead atoms. The summed E-state index contributed by atoms with van der Waals surface area (Å²) in [6.45, 7) is 2.41. The molecule has 3 saturated carbocycles. The smallest absolute Gasteiger partial charge is 0.311 e. The predicted octanol–water partition coefficient (Wildman–Crippen LogP) is 2.93. The van der Waals surface area contributed by atoms with Crippen LogP contribution in [0.25, 0.3) is 0 Å². The van der Waals surface area contributed by atoms with E-state index in [-0.39, 0.29) is 22.8 Å². The highest BCUT2D eigenvalue weighted by molar-refractivity contribution is 5.80. The molecule has 6 aliphatic rings. The van der Waals surface area contributed by atoms with E-state index in [9.17, 15) is 4.79 Å². The van der Waals surface area contributed by atoms with E-state index in [1.165, 1.54) is 50.0 Å². The van der Waals surface area contributed by atoms with E-state index in [1.54, 1.807) is 7.11 Å². The number of nitrogens with one attached hydrogen (secondary N) is 1. The summed E-state index contributed by atoms with van der Waals surface area (Å²) >= 11 is 0. The maximum absolute atomic E-state index is 12.9. The van der Waals surface area contributed by atoms with Crippen LogP contribution in [0, 0.1) is 11.3 Å². The Morgan fingerprint density at radius 1 is 1.20 bits per heavy atom. The summed E-state index contributed by atoms with van der Waals surface area (Å²) in [5, 5.41) is 3.92. The van der Waals surface area contributed by atoms with Crippen molar-refractivity contribution in [3.05, 3.63) is 29.8 Å². The van der Waals surface area contributed by atoms with E-state index < -0.39 is 0 Å². The molecule has 25 heavy (non-hydrogen) atoms. The number of hydrogen-bond donors (Lipinski definition) is 1. The highest BCUT2D eigenvalue weighted by Crippen LogP contribution is 2.74. The summed E-state index contributed by atoms with van der Waals surface area (Å²) in [5.41, 5.74) is 2.97. The van der Waals surface area contributed by atoms with E-state index >= 15 is 0 Å². The molecule has 1 N–H and O–H groups in total. The number of ether oxygens (including phenoxy) is 1. The summed E-state index contributed by atoms with van der Waals surface area (Å²) in [4.78, 5) is 15.7. The van der Waals surface area contributed by atoms with Crippen LogP contribution >= 0.6 is 0 Å². The average Bonchev–Trinajstić information content (AvgIpc) is 3.19. The van der Waals surface area contributed by atoms with Crippen molar-refractivity contribution in [1.29, 1.82) is 0 Å². The summed E-state index contributed by atoms with van der Waals surface area (Å²) in [6, 6.07) is 9.45. The number of carbonyl (C=O) groups is 1. The second kappa shape index (κ2) is 4.40.